The molecule has 1 fully saturated rings. The maximum absolute atomic E-state index is 12.5. The Morgan fingerprint density at radius 1 is 1.12 bits per heavy atom. The zero-order valence-electron chi connectivity index (χ0n) is 13.4. The average molecular weight is 355 g/mol. The first-order valence-corrected chi connectivity index (χ1v) is 8.78. The number of benzene rings is 2. The van der Waals surface area contributed by atoms with Crippen molar-refractivity contribution in [1.29, 1.82) is 0 Å². The van der Waals surface area contributed by atoms with Crippen LogP contribution in [0.4, 0.5) is 10.5 Å². The number of anilines is 1. The molecule has 2 aromatic carbocycles. The van der Waals surface area contributed by atoms with E-state index in [4.69, 9.17) is 4.84 Å². The Kier molecular flexibility index (Phi) is 5.69. The zero-order chi connectivity index (χ0) is 17.5. The maximum Gasteiger partial charge on any atom is 0.437 e. The average Bonchev–Trinajstić information content (AvgIpc) is 2.64. The number of hydrogen-bond acceptors (Lipinski definition) is 5. The fourth-order valence-corrected chi connectivity index (χ4v) is 3.16. The van der Waals surface area contributed by atoms with Crippen molar-refractivity contribution in [1.82, 2.24) is 4.90 Å². The highest BCUT2D eigenvalue weighted by Gasteiger charge is 2.26. The first-order chi connectivity index (χ1) is 12.2. The zero-order valence-corrected chi connectivity index (χ0v) is 14.2. The van der Waals surface area contributed by atoms with Crippen molar-refractivity contribution < 1.29 is 14.4 Å². The molecule has 0 atom stereocenters. The van der Waals surface area contributed by atoms with Gasteiger partial charge < -0.3 is 4.90 Å². The van der Waals surface area contributed by atoms with E-state index in [-0.39, 0.29) is 11.0 Å². The van der Waals surface area contributed by atoms with Gasteiger partial charge in [-0.2, -0.15) is 0 Å². The summed E-state index contributed by atoms with van der Waals surface area (Å²) >= 11 is 1.29. The van der Waals surface area contributed by atoms with Crippen LogP contribution in [0.25, 0.3) is 0 Å². The Morgan fingerprint density at radius 2 is 1.80 bits per heavy atom. The number of carbonyl (C=O) groups is 2. The minimum absolute atomic E-state index is 0.186. The first-order valence-electron chi connectivity index (χ1n) is 7.79. The Morgan fingerprint density at radius 3 is 2.52 bits per heavy atom. The second kappa shape index (κ2) is 8.34. The molecule has 7 heteroatoms. The lowest BCUT2D eigenvalue weighted by Crippen LogP contribution is -2.40. The van der Waals surface area contributed by atoms with Crippen molar-refractivity contribution in [2.45, 2.75) is 6.54 Å². The van der Waals surface area contributed by atoms with Crippen LogP contribution in [0, 0.1) is 0 Å². The van der Waals surface area contributed by atoms with Crippen LogP contribution in [-0.4, -0.2) is 34.2 Å². The minimum Gasteiger partial charge on any atom is -0.332 e. The number of hydrogen-bond donors (Lipinski definition) is 1. The lowest BCUT2D eigenvalue weighted by atomic mass is 10.2. The molecule has 0 aromatic heterocycles. The summed E-state index contributed by atoms with van der Waals surface area (Å²) < 4.78 is 0. The normalized spacial score (nSPS) is 15.9. The molecule has 25 heavy (non-hydrogen) atoms. The summed E-state index contributed by atoms with van der Waals surface area (Å²) in [6.45, 7) is 1.14. The van der Waals surface area contributed by atoms with Crippen molar-refractivity contribution in [3.05, 3.63) is 66.2 Å². The summed E-state index contributed by atoms with van der Waals surface area (Å²) in [5.74, 6) is 0.480. The highest BCUT2D eigenvalue weighted by atomic mass is 32.2. The summed E-state index contributed by atoms with van der Waals surface area (Å²) in [6, 6.07) is 18.6. The lowest BCUT2D eigenvalue weighted by molar-refractivity contribution is -0.124. The van der Waals surface area contributed by atoms with E-state index in [1.54, 1.807) is 29.2 Å². The molecule has 0 bridgehead atoms. The van der Waals surface area contributed by atoms with Gasteiger partial charge in [0.15, 0.2) is 0 Å². The summed E-state index contributed by atoms with van der Waals surface area (Å²) in [6.07, 6.45) is -0.729. The minimum atomic E-state index is -0.729. The fraction of sp³-hybridized carbons (Fsp3) is 0.167. The molecular weight excluding hydrogens is 338 g/mol. The Balaban J connectivity index is 1.58. The molecule has 2 amide bonds. The van der Waals surface area contributed by atoms with E-state index in [1.165, 1.54) is 11.8 Å². The van der Waals surface area contributed by atoms with Crippen LogP contribution >= 0.6 is 11.8 Å². The number of thioether (sulfide) groups is 1. The van der Waals surface area contributed by atoms with Gasteiger partial charge >= 0.3 is 6.09 Å². The number of carbonyl (C=O) groups excluding carboxylic acids is 2. The van der Waals surface area contributed by atoms with Gasteiger partial charge in [-0.1, -0.05) is 65.4 Å². The molecule has 1 saturated heterocycles. The molecule has 0 radical (unpaired) electrons. The van der Waals surface area contributed by atoms with Gasteiger partial charge in [0.1, 0.15) is 0 Å². The third-order valence-corrected chi connectivity index (χ3v) is 4.43. The van der Waals surface area contributed by atoms with Crippen molar-refractivity contribution in [2.75, 3.05) is 17.6 Å². The molecular formula is C18H17N3O3S. The molecule has 0 spiro atoms. The highest BCUT2D eigenvalue weighted by Crippen LogP contribution is 2.18. The number of amides is 2. The van der Waals surface area contributed by atoms with Gasteiger partial charge in [-0.25, -0.2) is 4.79 Å². The van der Waals surface area contributed by atoms with Crippen molar-refractivity contribution in [3.63, 3.8) is 0 Å². The standard InChI is InChI=1S/C18H17N3O3S/c22-17-16(20-24-18(23)19-15-9-5-2-6-10-15)25-12-11-21(17)13-14-7-3-1-4-8-14/h1-10H,11-13H2,(H,19,23)/b20-16+. The second-order valence-corrected chi connectivity index (χ2v) is 6.41. The Hall–Kier alpha value is -2.80. The third-order valence-electron chi connectivity index (χ3n) is 3.52. The molecule has 0 aliphatic carbocycles. The van der Waals surface area contributed by atoms with E-state index < -0.39 is 6.09 Å². The van der Waals surface area contributed by atoms with Gasteiger partial charge in [-0.05, 0) is 17.7 Å². The van der Waals surface area contributed by atoms with Crippen LogP contribution in [0.1, 0.15) is 5.56 Å². The Bertz CT molecular complexity index is 766. The number of nitrogens with one attached hydrogen (secondary N) is 1. The molecule has 6 nitrogen and oxygen atoms in total. The SMILES string of the molecule is O=C(Nc1ccccc1)O/N=C1/SCCN(Cc2ccccc2)C1=O. The van der Waals surface area contributed by atoms with E-state index in [1.807, 2.05) is 36.4 Å². The molecule has 128 valence electrons. The third kappa shape index (κ3) is 4.84. The topological polar surface area (TPSA) is 71.0 Å². The molecule has 2 aromatic rings. The quantitative estimate of drug-likeness (QED) is 0.675. The van der Waals surface area contributed by atoms with Gasteiger partial charge in [-0.15, -0.1) is 0 Å². The van der Waals surface area contributed by atoms with Gasteiger partial charge in [-0.3, -0.25) is 14.9 Å². The van der Waals surface area contributed by atoms with Crippen LogP contribution in [-0.2, 0) is 16.2 Å². The van der Waals surface area contributed by atoms with E-state index in [0.29, 0.717) is 24.5 Å². The van der Waals surface area contributed by atoms with E-state index >= 15 is 0 Å². The summed E-state index contributed by atoms with van der Waals surface area (Å²) in [4.78, 5) is 30.7. The smallest absolute Gasteiger partial charge is 0.332 e. The van der Waals surface area contributed by atoms with Crippen molar-refractivity contribution in [2.24, 2.45) is 5.16 Å². The first kappa shape index (κ1) is 17.0. The largest absolute Gasteiger partial charge is 0.437 e. The van der Waals surface area contributed by atoms with Gasteiger partial charge in [0, 0.05) is 24.5 Å². The van der Waals surface area contributed by atoms with Crippen LogP contribution in [0.15, 0.2) is 65.8 Å². The van der Waals surface area contributed by atoms with Crippen LogP contribution in [0.5, 0.6) is 0 Å². The molecule has 0 saturated carbocycles. The molecule has 1 N–H and O–H groups in total. The van der Waals surface area contributed by atoms with Crippen LogP contribution in [0.2, 0.25) is 0 Å². The predicted molar refractivity (Wildman–Crippen MR) is 98.3 cm³/mol. The molecule has 0 unspecified atom stereocenters. The monoisotopic (exact) mass is 355 g/mol. The molecule has 1 aliphatic rings. The number of rotatable bonds is 4. The number of para-hydroxylation sites is 1. The molecule has 1 heterocycles. The highest BCUT2D eigenvalue weighted by molar-refractivity contribution is 8.15. The van der Waals surface area contributed by atoms with E-state index in [2.05, 4.69) is 10.5 Å². The van der Waals surface area contributed by atoms with E-state index in [9.17, 15) is 9.59 Å². The molecule has 3 rings (SSSR count). The summed E-state index contributed by atoms with van der Waals surface area (Å²) in [5, 5.41) is 6.46. The van der Waals surface area contributed by atoms with Gasteiger partial charge in [0.2, 0.25) is 5.04 Å². The number of nitrogens with zero attached hydrogens (tertiary/aromatic N) is 2. The second-order valence-electron chi connectivity index (χ2n) is 5.33. The summed E-state index contributed by atoms with van der Waals surface area (Å²) in [5.41, 5.74) is 1.64. The maximum atomic E-state index is 12.5. The fourth-order valence-electron chi connectivity index (χ4n) is 2.32. The van der Waals surface area contributed by atoms with Crippen molar-refractivity contribution >= 4 is 34.5 Å². The molecule has 1 aliphatic heterocycles. The number of oxime groups is 1. The van der Waals surface area contributed by atoms with Crippen LogP contribution < -0.4 is 5.32 Å². The van der Waals surface area contributed by atoms with Gasteiger partial charge in [0.25, 0.3) is 5.91 Å². The summed E-state index contributed by atoms with van der Waals surface area (Å²) in [7, 11) is 0. The lowest BCUT2D eigenvalue weighted by Gasteiger charge is -2.26. The van der Waals surface area contributed by atoms with Gasteiger partial charge in [0.05, 0.1) is 0 Å². The predicted octanol–water partition coefficient (Wildman–Crippen LogP) is 3.32. The van der Waals surface area contributed by atoms with Crippen LogP contribution in [0.3, 0.4) is 0 Å². The van der Waals surface area contributed by atoms with E-state index in [0.717, 1.165) is 5.56 Å². The van der Waals surface area contributed by atoms with Crippen molar-refractivity contribution in [3.8, 4) is 0 Å². The Labute approximate surface area is 149 Å².